The van der Waals surface area contributed by atoms with E-state index >= 15 is 0 Å². The van der Waals surface area contributed by atoms with Crippen LogP contribution in [0, 0.1) is 0 Å². The Kier molecular flexibility index (Phi) is 1.30. The lowest BCUT2D eigenvalue weighted by molar-refractivity contribution is 0.459. The molecule has 7 heavy (non-hydrogen) atoms. The fraction of sp³-hybridized carbons (Fsp3) is 1.00. The van der Waals surface area contributed by atoms with Gasteiger partial charge in [0.05, 0.1) is 6.61 Å². The van der Waals surface area contributed by atoms with Crippen LogP contribution < -0.4 is 0 Å². The zero-order chi connectivity index (χ0) is 5.49. The Balaban J connectivity index is 2.36. The molecular formula is C4H10OS2. The minimum atomic E-state index is -0.657. The summed E-state index contributed by atoms with van der Waals surface area (Å²) in [5.41, 5.74) is 0.496. The Labute approximate surface area is 50.6 Å². The van der Waals surface area contributed by atoms with Gasteiger partial charge in [-0.15, -0.1) is 11.7 Å². The van der Waals surface area contributed by atoms with Crippen LogP contribution in [0.2, 0.25) is 0 Å². The first-order valence-corrected chi connectivity index (χ1v) is 5.73. The zero-order valence-corrected chi connectivity index (χ0v) is 6.26. The van der Waals surface area contributed by atoms with E-state index in [1.807, 2.05) is 0 Å². The first-order chi connectivity index (χ1) is 3.11. The second-order valence-corrected chi connectivity index (χ2v) is 8.16. The fourth-order valence-corrected chi connectivity index (χ4v) is 1.48. The standard InChI is InChI=1S/C4H10OS2/c1-7(2,6)4-3-5-4/h4,6H,3H2,1-2H3. The van der Waals surface area contributed by atoms with Crippen LogP contribution in [0.3, 0.4) is 0 Å². The van der Waals surface area contributed by atoms with Crippen molar-refractivity contribution in [3.05, 3.63) is 0 Å². The summed E-state index contributed by atoms with van der Waals surface area (Å²) in [5.74, 6) is 0. The molecule has 44 valence electrons. The fourth-order valence-electron chi connectivity index (χ4n) is 0.372. The van der Waals surface area contributed by atoms with Crippen molar-refractivity contribution in [2.75, 3.05) is 19.1 Å². The van der Waals surface area contributed by atoms with Crippen molar-refractivity contribution in [1.82, 2.24) is 0 Å². The Morgan fingerprint density at radius 3 is 2.14 bits per heavy atom. The molecule has 1 atom stereocenters. The summed E-state index contributed by atoms with van der Waals surface area (Å²) in [6.45, 7) is 0.936. The summed E-state index contributed by atoms with van der Waals surface area (Å²) >= 11 is 4.37. The van der Waals surface area contributed by atoms with E-state index < -0.39 is 9.06 Å². The van der Waals surface area contributed by atoms with E-state index in [0.29, 0.717) is 5.44 Å². The summed E-state index contributed by atoms with van der Waals surface area (Å²) in [7, 11) is -0.657. The maximum atomic E-state index is 5.03. The molecule has 0 aromatic carbocycles. The maximum absolute atomic E-state index is 5.03. The number of thiol groups is 1. The van der Waals surface area contributed by atoms with E-state index in [2.05, 4.69) is 24.2 Å². The summed E-state index contributed by atoms with van der Waals surface area (Å²) < 4.78 is 5.03. The maximum Gasteiger partial charge on any atom is 0.119 e. The predicted octanol–water partition coefficient (Wildman–Crippen LogP) is 1.25. The second kappa shape index (κ2) is 1.57. The van der Waals surface area contributed by atoms with Gasteiger partial charge in [0.2, 0.25) is 0 Å². The van der Waals surface area contributed by atoms with Crippen LogP contribution in [0.25, 0.3) is 0 Å². The first kappa shape index (κ1) is 5.79. The molecule has 1 fully saturated rings. The van der Waals surface area contributed by atoms with Gasteiger partial charge in [0.15, 0.2) is 0 Å². The van der Waals surface area contributed by atoms with Crippen molar-refractivity contribution < 1.29 is 4.74 Å². The average Bonchev–Trinajstić information content (AvgIpc) is 1.99. The molecule has 1 rings (SSSR count). The topological polar surface area (TPSA) is 12.5 Å². The van der Waals surface area contributed by atoms with Crippen LogP contribution in [0.1, 0.15) is 0 Å². The molecule has 0 aromatic rings. The Hall–Kier alpha value is 0.660. The van der Waals surface area contributed by atoms with Gasteiger partial charge in [0, 0.05) is 0 Å². The van der Waals surface area contributed by atoms with Crippen LogP contribution in [-0.2, 0) is 4.74 Å². The Morgan fingerprint density at radius 1 is 1.71 bits per heavy atom. The third-order valence-electron chi connectivity index (χ3n) is 0.946. The summed E-state index contributed by atoms with van der Waals surface area (Å²) in [5, 5.41) is 0. The van der Waals surface area contributed by atoms with Gasteiger partial charge < -0.3 is 4.74 Å². The number of hydrogen-bond donors (Lipinski definition) is 1. The normalized spacial score (nSPS) is 32.7. The quantitative estimate of drug-likeness (QED) is 0.327. The van der Waals surface area contributed by atoms with Gasteiger partial charge in [-0.1, -0.05) is 0 Å². The Morgan fingerprint density at radius 2 is 2.14 bits per heavy atom. The van der Waals surface area contributed by atoms with Crippen molar-refractivity contribution >= 4 is 20.7 Å². The van der Waals surface area contributed by atoms with E-state index in [0.717, 1.165) is 6.61 Å². The molecular weight excluding hydrogens is 128 g/mol. The van der Waals surface area contributed by atoms with Gasteiger partial charge in [0.25, 0.3) is 0 Å². The van der Waals surface area contributed by atoms with Crippen molar-refractivity contribution in [3.8, 4) is 0 Å². The van der Waals surface area contributed by atoms with E-state index in [1.54, 1.807) is 0 Å². The highest BCUT2D eigenvalue weighted by molar-refractivity contribution is 8.87. The predicted molar refractivity (Wildman–Crippen MR) is 38.2 cm³/mol. The summed E-state index contributed by atoms with van der Waals surface area (Å²) in [4.78, 5) is 0. The molecule has 0 bridgehead atoms. The van der Waals surface area contributed by atoms with Crippen LogP contribution in [0.4, 0.5) is 0 Å². The lowest BCUT2D eigenvalue weighted by atomic mass is 11.0. The molecule has 0 aromatic heterocycles. The first-order valence-electron chi connectivity index (χ1n) is 2.17. The van der Waals surface area contributed by atoms with Gasteiger partial charge in [0.1, 0.15) is 5.44 Å². The van der Waals surface area contributed by atoms with Crippen molar-refractivity contribution in [2.45, 2.75) is 5.44 Å². The SMILES string of the molecule is CS(C)(S)C1CO1. The summed E-state index contributed by atoms with van der Waals surface area (Å²) in [6, 6.07) is 0. The lowest BCUT2D eigenvalue weighted by Crippen LogP contribution is -1.92. The molecule has 1 nitrogen and oxygen atoms in total. The smallest absolute Gasteiger partial charge is 0.119 e. The molecule has 1 heterocycles. The minimum Gasteiger partial charge on any atom is -0.362 e. The van der Waals surface area contributed by atoms with E-state index in [9.17, 15) is 0 Å². The van der Waals surface area contributed by atoms with Crippen LogP contribution in [-0.4, -0.2) is 24.6 Å². The number of hydrogen-bond acceptors (Lipinski definition) is 2. The van der Waals surface area contributed by atoms with E-state index in [4.69, 9.17) is 4.74 Å². The molecule has 1 aliphatic heterocycles. The van der Waals surface area contributed by atoms with Gasteiger partial charge in [-0.25, -0.2) is 0 Å². The van der Waals surface area contributed by atoms with Crippen molar-refractivity contribution in [2.24, 2.45) is 0 Å². The van der Waals surface area contributed by atoms with E-state index in [1.165, 1.54) is 0 Å². The number of rotatable bonds is 1. The monoisotopic (exact) mass is 138 g/mol. The molecule has 1 aliphatic rings. The van der Waals surface area contributed by atoms with Crippen molar-refractivity contribution in [1.29, 1.82) is 0 Å². The minimum absolute atomic E-state index is 0.496. The molecule has 0 spiro atoms. The molecule has 0 amide bonds. The van der Waals surface area contributed by atoms with Gasteiger partial charge in [-0.05, 0) is 12.5 Å². The zero-order valence-electron chi connectivity index (χ0n) is 4.55. The van der Waals surface area contributed by atoms with Gasteiger partial charge in [-0.3, -0.25) is 0 Å². The molecule has 1 saturated heterocycles. The number of ether oxygens (including phenoxy) is 1. The van der Waals surface area contributed by atoms with Crippen molar-refractivity contribution in [3.63, 3.8) is 0 Å². The highest BCUT2D eigenvalue weighted by Gasteiger charge is 2.32. The van der Waals surface area contributed by atoms with Crippen LogP contribution in [0.5, 0.6) is 0 Å². The van der Waals surface area contributed by atoms with Crippen LogP contribution in [0.15, 0.2) is 0 Å². The number of epoxide rings is 1. The third kappa shape index (κ3) is 1.55. The second-order valence-electron chi connectivity index (χ2n) is 2.11. The van der Waals surface area contributed by atoms with Crippen LogP contribution >= 0.6 is 20.7 Å². The lowest BCUT2D eigenvalue weighted by Gasteiger charge is -2.19. The molecule has 0 radical (unpaired) electrons. The highest BCUT2D eigenvalue weighted by Crippen LogP contribution is 2.55. The summed E-state index contributed by atoms with van der Waals surface area (Å²) in [6.07, 6.45) is 4.29. The molecule has 0 N–H and O–H groups in total. The third-order valence-corrected chi connectivity index (χ3v) is 3.21. The molecule has 3 heteroatoms. The van der Waals surface area contributed by atoms with Gasteiger partial charge >= 0.3 is 0 Å². The molecule has 0 aliphatic carbocycles. The molecule has 1 unspecified atom stereocenters. The van der Waals surface area contributed by atoms with Gasteiger partial charge in [-0.2, -0.15) is 9.06 Å². The largest absolute Gasteiger partial charge is 0.362 e. The average molecular weight is 138 g/mol. The highest BCUT2D eigenvalue weighted by atomic mass is 33.1. The van der Waals surface area contributed by atoms with E-state index in [-0.39, 0.29) is 0 Å². The molecule has 0 saturated carbocycles. The Bertz CT molecular complexity index is 72.2.